The highest BCUT2D eigenvalue weighted by molar-refractivity contribution is 9.10. The second kappa shape index (κ2) is 3.70. The van der Waals surface area contributed by atoms with E-state index in [1.165, 1.54) is 6.42 Å². The summed E-state index contributed by atoms with van der Waals surface area (Å²) in [5, 5.41) is 10.4. The van der Waals surface area contributed by atoms with Crippen LogP contribution in [0.25, 0.3) is 0 Å². The van der Waals surface area contributed by atoms with Crippen LogP contribution in [-0.4, -0.2) is 5.11 Å². The predicted octanol–water partition coefficient (Wildman–Crippen LogP) is 3.50. The monoisotopic (exact) mass is 258 g/mol. The fourth-order valence-corrected chi connectivity index (χ4v) is 2.94. The van der Waals surface area contributed by atoms with Crippen LogP contribution >= 0.6 is 15.9 Å². The Hall–Kier alpha value is -0.280. The van der Waals surface area contributed by atoms with Crippen molar-refractivity contribution < 1.29 is 9.52 Å². The molecule has 1 heterocycles. The minimum atomic E-state index is -0.731. The number of hydrogen-bond donors (Lipinski definition) is 1. The molecule has 1 aliphatic carbocycles. The standard InChI is InChI=1S/C11H15BrO2/c1-8-7-9(12)10(14-8)11(13)5-3-2-4-6-11/h7,13H,2-6H2,1H3. The highest BCUT2D eigenvalue weighted by Crippen LogP contribution is 2.41. The molecule has 0 spiro atoms. The second-order valence-electron chi connectivity index (χ2n) is 4.13. The molecule has 0 saturated heterocycles. The molecule has 78 valence electrons. The third kappa shape index (κ3) is 1.75. The molecule has 1 N–H and O–H groups in total. The zero-order valence-corrected chi connectivity index (χ0v) is 9.93. The normalized spacial score (nSPS) is 21.1. The topological polar surface area (TPSA) is 33.4 Å². The molecule has 2 rings (SSSR count). The first-order valence-corrected chi connectivity index (χ1v) is 5.90. The van der Waals surface area contributed by atoms with Crippen LogP contribution in [0.1, 0.15) is 43.6 Å². The van der Waals surface area contributed by atoms with Gasteiger partial charge in [0.2, 0.25) is 0 Å². The Kier molecular flexibility index (Phi) is 2.71. The van der Waals surface area contributed by atoms with Gasteiger partial charge in [0.15, 0.2) is 0 Å². The number of hydrogen-bond acceptors (Lipinski definition) is 2. The Morgan fingerprint density at radius 3 is 2.50 bits per heavy atom. The van der Waals surface area contributed by atoms with Gasteiger partial charge < -0.3 is 9.52 Å². The van der Waals surface area contributed by atoms with Crippen LogP contribution in [0.15, 0.2) is 15.0 Å². The van der Waals surface area contributed by atoms with Crippen LogP contribution in [0, 0.1) is 6.92 Å². The fourth-order valence-electron chi connectivity index (χ4n) is 2.16. The molecule has 0 aromatic carbocycles. The average molecular weight is 259 g/mol. The van der Waals surface area contributed by atoms with Crippen molar-refractivity contribution in [1.29, 1.82) is 0 Å². The van der Waals surface area contributed by atoms with Crippen LogP contribution in [0.5, 0.6) is 0 Å². The molecule has 1 saturated carbocycles. The van der Waals surface area contributed by atoms with Crippen LogP contribution in [-0.2, 0) is 5.60 Å². The van der Waals surface area contributed by atoms with Gasteiger partial charge in [0.05, 0.1) is 4.47 Å². The smallest absolute Gasteiger partial charge is 0.149 e. The van der Waals surface area contributed by atoms with E-state index in [0.29, 0.717) is 0 Å². The third-order valence-electron chi connectivity index (χ3n) is 2.91. The predicted molar refractivity (Wildman–Crippen MR) is 58.1 cm³/mol. The van der Waals surface area contributed by atoms with E-state index in [1.807, 2.05) is 13.0 Å². The van der Waals surface area contributed by atoms with E-state index in [-0.39, 0.29) is 0 Å². The lowest BCUT2D eigenvalue weighted by Gasteiger charge is -2.30. The van der Waals surface area contributed by atoms with Gasteiger partial charge >= 0.3 is 0 Å². The lowest BCUT2D eigenvalue weighted by atomic mass is 9.83. The summed E-state index contributed by atoms with van der Waals surface area (Å²) in [6.45, 7) is 1.90. The van der Waals surface area contributed by atoms with E-state index in [0.717, 1.165) is 41.7 Å². The van der Waals surface area contributed by atoms with Gasteiger partial charge in [0.1, 0.15) is 17.1 Å². The lowest BCUT2D eigenvalue weighted by molar-refractivity contribution is -0.0212. The third-order valence-corrected chi connectivity index (χ3v) is 3.50. The van der Waals surface area contributed by atoms with Gasteiger partial charge in [0, 0.05) is 0 Å². The maximum Gasteiger partial charge on any atom is 0.149 e. The number of aryl methyl sites for hydroxylation is 1. The summed E-state index contributed by atoms with van der Waals surface area (Å²) >= 11 is 3.43. The fraction of sp³-hybridized carbons (Fsp3) is 0.636. The van der Waals surface area contributed by atoms with Crippen LogP contribution < -0.4 is 0 Å². The van der Waals surface area contributed by atoms with Crippen molar-refractivity contribution in [3.05, 3.63) is 22.1 Å². The molecule has 0 unspecified atom stereocenters. The molecule has 14 heavy (non-hydrogen) atoms. The van der Waals surface area contributed by atoms with Gasteiger partial charge in [-0.1, -0.05) is 19.3 Å². The van der Waals surface area contributed by atoms with Crippen molar-refractivity contribution >= 4 is 15.9 Å². The molecular weight excluding hydrogens is 244 g/mol. The van der Waals surface area contributed by atoms with Crippen molar-refractivity contribution in [2.24, 2.45) is 0 Å². The van der Waals surface area contributed by atoms with E-state index in [2.05, 4.69) is 15.9 Å². The summed E-state index contributed by atoms with van der Waals surface area (Å²) in [5.41, 5.74) is -0.731. The summed E-state index contributed by atoms with van der Waals surface area (Å²) < 4.78 is 6.46. The van der Waals surface area contributed by atoms with Gasteiger partial charge in [-0.15, -0.1) is 0 Å². The summed E-state index contributed by atoms with van der Waals surface area (Å²) in [7, 11) is 0. The van der Waals surface area contributed by atoms with Crippen molar-refractivity contribution in [2.45, 2.75) is 44.6 Å². The molecule has 1 aromatic rings. The average Bonchev–Trinajstić information content (AvgIpc) is 2.47. The van der Waals surface area contributed by atoms with Gasteiger partial charge in [-0.3, -0.25) is 0 Å². The Balaban J connectivity index is 2.32. The quantitative estimate of drug-likeness (QED) is 0.837. The highest BCUT2D eigenvalue weighted by atomic mass is 79.9. The molecule has 2 nitrogen and oxygen atoms in total. The number of aliphatic hydroxyl groups is 1. The van der Waals surface area contributed by atoms with Gasteiger partial charge in [-0.05, 0) is 41.8 Å². The zero-order valence-electron chi connectivity index (χ0n) is 8.35. The molecule has 0 atom stereocenters. The van der Waals surface area contributed by atoms with E-state index >= 15 is 0 Å². The van der Waals surface area contributed by atoms with Crippen molar-refractivity contribution in [3.63, 3.8) is 0 Å². The Morgan fingerprint density at radius 2 is 2.00 bits per heavy atom. The Bertz CT molecular complexity index is 324. The Morgan fingerprint density at radius 1 is 1.36 bits per heavy atom. The van der Waals surface area contributed by atoms with E-state index in [9.17, 15) is 5.11 Å². The number of halogens is 1. The first-order valence-electron chi connectivity index (χ1n) is 5.11. The van der Waals surface area contributed by atoms with Crippen LogP contribution in [0.4, 0.5) is 0 Å². The molecule has 0 aliphatic heterocycles. The van der Waals surface area contributed by atoms with Crippen molar-refractivity contribution in [1.82, 2.24) is 0 Å². The van der Waals surface area contributed by atoms with Crippen molar-refractivity contribution in [2.75, 3.05) is 0 Å². The maximum atomic E-state index is 10.4. The van der Waals surface area contributed by atoms with Crippen molar-refractivity contribution in [3.8, 4) is 0 Å². The van der Waals surface area contributed by atoms with E-state index in [4.69, 9.17) is 4.42 Å². The summed E-state index contributed by atoms with van der Waals surface area (Å²) in [6, 6.07) is 1.92. The lowest BCUT2D eigenvalue weighted by Crippen LogP contribution is -2.28. The molecule has 1 aliphatic rings. The van der Waals surface area contributed by atoms with Gasteiger partial charge in [-0.2, -0.15) is 0 Å². The van der Waals surface area contributed by atoms with Crippen LogP contribution in [0.2, 0.25) is 0 Å². The minimum Gasteiger partial charge on any atom is -0.462 e. The molecule has 0 radical (unpaired) electrons. The maximum absolute atomic E-state index is 10.4. The van der Waals surface area contributed by atoms with Crippen LogP contribution in [0.3, 0.4) is 0 Å². The number of rotatable bonds is 1. The minimum absolute atomic E-state index is 0.717. The molecule has 1 fully saturated rings. The summed E-state index contributed by atoms with van der Waals surface area (Å²) in [5.74, 6) is 1.57. The Labute approximate surface area is 92.4 Å². The molecule has 3 heteroatoms. The van der Waals surface area contributed by atoms with Gasteiger partial charge in [0.25, 0.3) is 0 Å². The van der Waals surface area contributed by atoms with Gasteiger partial charge in [-0.25, -0.2) is 0 Å². The first-order chi connectivity index (χ1) is 6.62. The molecular formula is C11H15BrO2. The highest BCUT2D eigenvalue weighted by Gasteiger charge is 2.36. The second-order valence-corrected chi connectivity index (χ2v) is 4.98. The summed E-state index contributed by atoms with van der Waals surface area (Å²) in [6.07, 6.45) is 5.03. The molecule has 0 amide bonds. The first kappa shape index (κ1) is 10.2. The largest absolute Gasteiger partial charge is 0.462 e. The summed E-state index contributed by atoms with van der Waals surface area (Å²) in [4.78, 5) is 0. The SMILES string of the molecule is Cc1cc(Br)c(C2(O)CCCCC2)o1. The number of furan rings is 1. The molecule has 1 aromatic heterocycles. The molecule has 0 bridgehead atoms. The zero-order chi connectivity index (χ0) is 10.2. The van der Waals surface area contributed by atoms with E-state index < -0.39 is 5.60 Å². The van der Waals surface area contributed by atoms with E-state index in [1.54, 1.807) is 0 Å².